The number of rotatable bonds is 6. The number of nitrogens with zero attached hydrogens (tertiary/aromatic N) is 3. The van der Waals surface area contributed by atoms with E-state index in [-0.39, 0.29) is 16.6 Å². The topological polar surface area (TPSA) is 73.5 Å². The Bertz CT molecular complexity index is 1550. The normalized spacial score (nSPS) is 16.8. The Morgan fingerprint density at radius 1 is 0.884 bits per heavy atom. The summed E-state index contributed by atoms with van der Waals surface area (Å²) in [7, 11) is -0.843. The summed E-state index contributed by atoms with van der Waals surface area (Å²) in [6.45, 7) is 13.3. The number of ether oxygens (including phenoxy) is 1. The van der Waals surface area contributed by atoms with Crippen LogP contribution in [0.1, 0.15) is 58.6 Å². The highest BCUT2D eigenvalue weighted by molar-refractivity contribution is 6.99. The van der Waals surface area contributed by atoms with Gasteiger partial charge in [0.05, 0.1) is 18.5 Å². The summed E-state index contributed by atoms with van der Waals surface area (Å²) in [6.07, 6.45) is 4.49. The fraction of sp³-hybridized carbons (Fsp3) is 0.389. The summed E-state index contributed by atoms with van der Waals surface area (Å²) in [6, 6.07) is 26.1. The first-order valence-corrected chi connectivity index (χ1v) is 17.3. The highest BCUT2D eigenvalue weighted by Crippen LogP contribution is 2.50. The first kappa shape index (κ1) is 29.4. The molecule has 0 atom stereocenters. The van der Waals surface area contributed by atoms with Gasteiger partial charge in [-0.2, -0.15) is 0 Å². The molecule has 4 aromatic rings. The van der Waals surface area contributed by atoms with Crippen molar-refractivity contribution in [2.45, 2.75) is 70.4 Å². The predicted molar refractivity (Wildman–Crippen MR) is 179 cm³/mol. The highest BCUT2D eigenvalue weighted by Gasteiger charge is 2.51. The van der Waals surface area contributed by atoms with E-state index in [1.807, 2.05) is 0 Å². The molecule has 2 aliphatic rings. The zero-order chi connectivity index (χ0) is 30.4. The van der Waals surface area contributed by atoms with Crippen molar-refractivity contribution in [3.8, 4) is 17.0 Å². The lowest BCUT2D eigenvalue weighted by Gasteiger charge is -2.47. The van der Waals surface area contributed by atoms with E-state index in [2.05, 4.69) is 117 Å². The molecule has 7 heteroatoms. The molecule has 1 aliphatic carbocycles. The van der Waals surface area contributed by atoms with Crippen molar-refractivity contribution in [1.82, 2.24) is 9.97 Å². The van der Waals surface area contributed by atoms with Gasteiger partial charge in [-0.1, -0.05) is 95.3 Å². The summed E-state index contributed by atoms with van der Waals surface area (Å²) in [5.41, 5.74) is 11.8. The van der Waals surface area contributed by atoms with Crippen molar-refractivity contribution in [2.24, 2.45) is 0 Å². The lowest BCUT2D eigenvalue weighted by Crippen LogP contribution is -2.68. The van der Waals surface area contributed by atoms with Crippen LogP contribution in [-0.4, -0.2) is 44.6 Å². The number of anilines is 2. The molecule has 1 saturated heterocycles. The van der Waals surface area contributed by atoms with Gasteiger partial charge in [0.15, 0.2) is 0 Å². The van der Waals surface area contributed by atoms with Crippen LogP contribution in [0.25, 0.3) is 11.3 Å². The second kappa shape index (κ2) is 11.1. The van der Waals surface area contributed by atoms with Crippen LogP contribution in [0.2, 0.25) is 5.04 Å². The summed E-state index contributed by atoms with van der Waals surface area (Å²) in [5, 5.41) is 2.62. The molecule has 2 heterocycles. The lowest BCUT2D eigenvalue weighted by atomic mass is 9.71. The van der Waals surface area contributed by atoms with Gasteiger partial charge in [-0.05, 0) is 57.8 Å². The molecular weight excluding hydrogens is 549 g/mol. The Balaban J connectivity index is 1.34. The van der Waals surface area contributed by atoms with E-state index in [0.29, 0.717) is 5.82 Å². The van der Waals surface area contributed by atoms with E-state index in [1.54, 1.807) is 13.4 Å². The minimum absolute atomic E-state index is 0.0444. The van der Waals surface area contributed by atoms with Gasteiger partial charge >= 0.3 is 0 Å². The van der Waals surface area contributed by atoms with E-state index in [4.69, 9.17) is 19.9 Å². The van der Waals surface area contributed by atoms with Crippen molar-refractivity contribution in [1.29, 1.82) is 0 Å². The zero-order valence-corrected chi connectivity index (χ0v) is 27.4. The third-order valence-corrected chi connectivity index (χ3v) is 14.5. The first-order valence-electron chi connectivity index (χ1n) is 15.4. The molecule has 0 saturated carbocycles. The average molecular weight is 593 g/mol. The number of piperidine rings is 1. The second-order valence-electron chi connectivity index (χ2n) is 13.7. The van der Waals surface area contributed by atoms with Gasteiger partial charge in [-0.3, -0.25) is 0 Å². The molecule has 0 unspecified atom stereocenters. The molecule has 6 rings (SSSR count). The number of methoxy groups -OCH3 is 1. The Kier molecular flexibility index (Phi) is 7.59. The fourth-order valence-corrected chi connectivity index (χ4v) is 12.2. The van der Waals surface area contributed by atoms with Gasteiger partial charge < -0.3 is 19.8 Å². The molecule has 0 bridgehead atoms. The van der Waals surface area contributed by atoms with E-state index in [0.717, 1.165) is 54.9 Å². The Morgan fingerprint density at radius 3 is 2.05 bits per heavy atom. The van der Waals surface area contributed by atoms with Crippen LogP contribution < -0.4 is 25.7 Å². The third kappa shape index (κ3) is 5.02. The van der Waals surface area contributed by atoms with Crippen LogP contribution in [0.5, 0.6) is 5.75 Å². The number of fused-ring (bicyclic) bond motifs is 3. The minimum atomic E-state index is -2.61. The predicted octanol–water partition coefficient (Wildman–Crippen LogP) is 6.11. The third-order valence-electron chi connectivity index (χ3n) is 9.41. The minimum Gasteiger partial charge on any atom is -0.495 e. The van der Waals surface area contributed by atoms with Crippen molar-refractivity contribution in [3.05, 3.63) is 90.3 Å². The van der Waals surface area contributed by atoms with E-state index in [9.17, 15) is 0 Å². The van der Waals surface area contributed by atoms with Crippen LogP contribution in [-0.2, 0) is 16.3 Å². The second-order valence-corrected chi connectivity index (χ2v) is 17.9. The highest BCUT2D eigenvalue weighted by atomic mass is 28.4. The zero-order valence-electron chi connectivity index (χ0n) is 26.4. The molecule has 2 N–H and O–H groups in total. The molecule has 0 amide bonds. The largest absolute Gasteiger partial charge is 0.495 e. The fourth-order valence-electron chi connectivity index (χ4n) is 7.47. The lowest BCUT2D eigenvalue weighted by molar-refractivity contribution is 0.158. The summed E-state index contributed by atoms with van der Waals surface area (Å²) < 4.78 is 13.5. The number of nitrogens with two attached hydrogens (primary N) is 1. The maximum Gasteiger partial charge on any atom is 0.261 e. The van der Waals surface area contributed by atoms with Gasteiger partial charge in [-0.15, -0.1) is 0 Å². The number of hydrogen-bond acceptors (Lipinski definition) is 6. The molecular formula is C36H44N4O2Si. The van der Waals surface area contributed by atoms with Crippen molar-refractivity contribution in [3.63, 3.8) is 0 Å². The Labute approximate surface area is 257 Å². The monoisotopic (exact) mass is 592 g/mol. The van der Waals surface area contributed by atoms with Crippen molar-refractivity contribution < 1.29 is 9.16 Å². The average Bonchev–Trinajstić information content (AvgIpc) is 2.99. The summed E-state index contributed by atoms with van der Waals surface area (Å²) in [5.74, 6) is 1.48. The van der Waals surface area contributed by atoms with E-state index >= 15 is 0 Å². The SMILES string of the molecule is COc1ccc2c(c1N1CCC(O[Si](c3ccccc3)(c3ccccc3)C(C)(C)C)CC1)CC(C)(C)c1c(N)ncnc1-2. The Hall–Kier alpha value is -3.68. The van der Waals surface area contributed by atoms with Crippen LogP contribution in [0.4, 0.5) is 11.5 Å². The van der Waals surface area contributed by atoms with Crippen LogP contribution in [0.15, 0.2) is 79.1 Å². The maximum absolute atomic E-state index is 7.51. The van der Waals surface area contributed by atoms with Crippen LogP contribution >= 0.6 is 0 Å². The van der Waals surface area contributed by atoms with Crippen molar-refractivity contribution in [2.75, 3.05) is 30.8 Å². The van der Waals surface area contributed by atoms with Crippen molar-refractivity contribution >= 4 is 30.2 Å². The van der Waals surface area contributed by atoms with Gasteiger partial charge in [0.1, 0.15) is 17.9 Å². The number of hydrogen-bond donors (Lipinski definition) is 1. The quantitative estimate of drug-likeness (QED) is 0.272. The molecule has 0 spiro atoms. The van der Waals surface area contributed by atoms with Gasteiger partial charge in [0.25, 0.3) is 8.32 Å². The number of nitrogen functional groups attached to an aromatic ring is 1. The van der Waals surface area contributed by atoms with Gasteiger partial charge in [0, 0.05) is 30.3 Å². The molecule has 224 valence electrons. The standard InChI is InChI=1S/C36H44N4O2Si/c1-35(2,3)43(26-13-9-7-10-14-26,27-15-11-8-12-16-27)42-25-19-21-40(22-20-25)33-29-23-36(4,5)31-32(38-24-39-34(31)37)28(29)17-18-30(33)41-6/h7-18,24-25H,19-23H2,1-6H3,(H2,37,38,39). The number of benzene rings is 3. The summed E-state index contributed by atoms with van der Waals surface area (Å²) >= 11 is 0. The summed E-state index contributed by atoms with van der Waals surface area (Å²) in [4.78, 5) is 11.6. The van der Waals surface area contributed by atoms with Gasteiger partial charge in [-0.25, -0.2) is 9.97 Å². The maximum atomic E-state index is 7.51. The van der Waals surface area contributed by atoms with E-state index in [1.165, 1.54) is 21.6 Å². The molecule has 1 fully saturated rings. The Morgan fingerprint density at radius 2 is 1.49 bits per heavy atom. The van der Waals surface area contributed by atoms with E-state index < -0.39 is 8.32 Å². The van der Waals surface area contributed by atoms with Crippen LogP contribution in [0.3, 0.4) is 0 Å². The van der Waals surface area contributed by atoms with Crippen LogP contribution in [0, 0.1) is 0 Å². The molecule has 3 aromatic carbocycles. The number of aromatic nitrogens is 2. The molecule has 0 radical (unpaired) electrons. The molecule has 43 heavy (non-hydrogen) atoms. The van der Waals surface area contributed by atoms with Gasteiger partial charge in [0.2, 0.25) is 0 Å². The molecule has 1 aliphatic heterocycles. The first-order chi connectivity index (χ1) is 20.6. The molecule has 6 nitrogen and oxygen atoms in total. The smallest absolute Gasteiger partial charge is 0.261 e. The molecule has 1 aromatic heterocycles.